The van der Waals surface area contributed by atoms with E-state index in [2.05, 4.69) is 0 Å². The summed E-state index contributed by atoms with van der Waals surface area (Å²) in [4.78, 5) is 20.5. The van der Waals surface area contributed by atoms with Gasteiger partial charge in [0.2, 0.25) is 0 Å². The van der Waals surface area contributed by atoms with Gasteiger partial charge in [-0.1, -0.05) is 0 Å². The highest BCUT2D eigenvalue weighted by Crippen LogP contribution is 2.06. The molecule has 2 amide bonds. The highest BCUT2D eigenvalue weighted by Gasteiger charge is 2.26. The maximum atomic E-state index is 10.2. The van der Waals surface area contributed by atoms with Gasteiger partial charge >= 0.3 is 0 Å². The number of hydroxylamine groups is 2. The van der Waals surface area contributed by atoms with Crippen LogP contribution in [0.2, 0.25) is 0 Å². The van der Waals surface area contributed by atoms with Crippen LogP contribution in [0.1, 0.15) is 12.8 Å². The van der Waals surface area contributed by atoms with E-state index < -0.39 is 11.8 Å². The van der Waals surface area contributed by atoms with E-state index in [9.17, 15) is 9.59 Å². The summed E-state index contributed by atoms with van der Waals surface area (Å²) < 4.78 is 0. The molecule has 1 aliphatic heterocycles. The molecule has 1 heterocycles. The normalized spacial score (nSPS) is 18.1. The summed E-state index contributed by atoms with van der Waals surface area (Å²) in [5, 5.41) is 8.57. The second kappa shape index (κ2) is 2.90. The topological polar surface area (TPSA) is 57.6 Å². The Morgan fingerprint density at radius 3 is 1.67 bits per heavy atom. The maximum Gasteiger partial charge on any atom is 0.253 e. The van der Waals surface area contributed by atoms with E-state index in [0.29, 0.717) is 0 Å². The second-order valence-corrected chi connectivity index (χ2v) is 1.60. The van der Waals surface area contributed by atoms with Gasteiger partial charge in [0.15, 0.2) is 0 Å². The number of imide groups is 1. The van der Waals surface area contributed by atoms with Crippen molar-refractivity contribution in [3.8, 4) is 0 Å². The van der Waals surface area contributed by atoms with Gasteiger partial charge < -0.3 is 0 Å². The van der Waals surface area contributed by atoms with Crippen molar-refractivity contribution in [2.24, 2.45) is 0 Å². The highest BCUT2D eigenvalue weighted by molar-refractivity contribution is 6.92. The molecule has 0 saturated carbocycles. The standard InChI is InChI=1S/C4H5NO3.H3P/c6-3-1-2-4(7)5(3)8;/h8H,1-2H2;1H3. The molecule has 0 bridgehead atoms. The van der Waals surface area contributed by atoms with Crippen LogP contribution in [0, 0.1) is 0 Å². The number of rotatable bonds is 0. The lowest BCUT2D eigenvalue weighted by Gasteiger charge is -1.98. The summed E-state index contributed by atoms with van der Waals surface area (Å²) in [6.07, 6.45) is 0.296. The largest absolute Gasteiger partial charge is 0.279 e. The Labute approximate surface area is 55.4 Å². The Balaban J connectivity index is 0.000000640. The molecular formula is C4H8NO3P. The smallest absolute Gasteiger partial charge is 0.253 e. The van der Waals surface area contributed by atoms with Crippen LogP contribution in [0.25, 0.3) is 0 Å². The maximum absolute atomic E-state index is 10.2. The predicted molar refractivity (Wildman–Crippen MR) is 34.0 cm³/mol. The van der Waals surface area contributed by atoms with Crippen molar-refractivity contribution in [1.29, 1.82) is 0 Å². The lowest BCUT2D eigenvalue weighted by Crippen LogP contribution is -2.24. The summed E-state index contributed by atoms with van der Waals surface area (Å²) in [6, 6.07) is 0. The molecule has 1 unspecified atom stereocenters. The van der Waals surface area contributed by atoms with Gasteiger partial charge in [-0.25, -0.2) is 0 Å². The van der Waals surface area contributed by atoms with Crippen molar-refractivity contribution in [1.82, 2.24) is 5.06 Å². The SMILES string of the molecule is O=C1CCC(=O)N1O.P. The van der Waals surface area contributed by atoms with Crippen LogP contribution in [0.15, 0.2) is 0 Å². The molecule has 0 aliphatic carbocycles. The summed E-state index contributed by atoms with van der Waals surface area (Å²) in [5.41, 5.74) is 0. The van der Waals surface area contributed by atoms with Crippen molar-refractivity contribution < 1.29 is 14.8 Å². The van der Waals surface area contributed by atoms with Crippen molar-refractivity contribution in [2.75, 3.05) is 0 Å². The first kappa shape index (κ1) is 8.53. The fourth-order valence-corrected chi connectivity index (χ4v) is 0.565. The van der Waals surface area contributed by atoms with Crippen LogP contribution in [0.5, 0.6) is 0 Å². The minimum absolute atomic E-state index is 0. The van der Waals surface area contributed by atoms with Gasteiger partial charge in [0.1, 0.15) is 0 Å². The molecule has 0 spiro atoms. The van der Waals surface area contributed by atoms with E-state index in [4.69, 9.17) is 5.21 Å². The fraction of sp³-hybridized carbons (Fsp3) is 0.500. The Morgan fingerprint density at radius 1 is 1.22 bits per heavy atom. The zero-order chi connectivity index (χ0) is 6.15. The van der Waals surface area contributed by atoms with Gasteiger partial charge in [0.05, 0.1) is 0 Å². The zero-order valence-electron chi connectivity index (χ0n) is 4.83. The van der Waals surface area contributed by atoms with Gasteiger partial charge in [0, 0.05) is 12.8 Å². The van der Waals surface area contributed by atoms with E-state index in [1.807, 2.05) is 0 Å². The van der Waals surface area contributed by atoms with Crippen LogP contribution in [-0.2, 0) is 9.59 Å². The molecule has 0 aromatic rings. The Bertz CT molecular complexity index is 131. The van der Waals surface area contributed by atoms with Crippen LogP contribution < -0.4 is 0 Å². The van der Waals surface area contributed by atoms with Gasteiger partial charge in [-0.15, -0.1) is 0 Å². The molecule has 0 aromatic heterocycles. The molecule has 1 rings (SSSR count). The van der Waals surface area contributed by atoms with E-state index in [-0.39, 0.29) is 27.8 Å². The number of carbonyl (C=O) groups is 2. The van der Waals surface area contributed by atoms with Gasteiger partial charge in [-0.2, -0.15) is 15.0 Å². The van der Waals surface area contributed by atoms with E-state index in [0.717, 1.165) is 0 Å². The predicted octanol–water partition coefficient (Wildman–Crippen LogP) is -0.417. The van der Waals surface area contributed by atoms with Crippen molar-refractivity contribution in [3.63, 3.8) is 0 Å². The van der Waals surface area contributed by atoms with Crippen molar-refractivity contribution in [2.45, 2.75) is 12.8 Å². The Kier molecular flexibility index (Phi) is 2.74. The molecule has 0 radical (unpaired) electrons. The number of hydrogen-bond donors (Lipinski definition) is 1. The fourth-order valence-electron chi connectivity index (χ4n) is 0.565. The van der Waals surface area contributed by atoms with E-state index in [1.165, 1.54) is 0 Å². The highest BCUT2D eigenvalue weighted by atomic mass is 31.0. The minimum atomic E-state index is -0.505. The Hall–Kier alpha value is -0.470. The third kappa shape index (κ3) is 1.47. The first-order valence-electron chi connectivity index (χ1n) is 2.26. The lowest BCUT2D eigenvalue weighted by atomic mass is 10.4. The van der Waals surface area contributed by atoms with Crippen LogP contribution in [0.4, 0.5) is 0 Å². The summed E-state index contributed by atoms with van der Waals surface area (Å²) in [7, 11) is 0. The van der Waals surface area contributed by atoms with Crippen LogP contribution in [-0.4, -0.2) is 22.1 Å². The molecule has 9 heavy (non-hydrogen) atoms. The average molecular weight is 149 g/mol. The third-order valence-corrected chi connectivity index (χ3v) is 1.03. The van der Waals surface area contributed by atoms with E-state index >= 15 is 0 Å². The number of carbonyl (C=O) groups excluding carboxylic acids is 2. The summed E-state index contributed by atoms with van der Waals surface area (Å²) in [5.74, 6) is -1.01. The number of hydrogen-bond acceptors (Lipinski definition) is 3. The second-order valence-electron chi connectivity index (χ2n) is 1.60. The molecular weight excluding hydrogens is 141 g/mol. The summed E-state index contributed by atoms with van der Waals surface area (Å²) in [6.45, 7) is 0. The lowest BCUT2D eigenvalue weighted by molar-refractivity contribution is -0.171. The van der Waals surface area contributed by atoms with Crippen molar-refractivity contribution >= 4 is 21.7 Å². The van der Waals surface area contributed by atoms with Gasteiger partial charge in [-0.05, 0) is 0 Å². The number of amides is 2. The van der Waals surface area contributed by atoms with Gasteiger partial charge in [-0.3, -0.25) is 14.8 Å². The third-order valence-electron chi connectivity index (χ3n) is 1.03. The molecule has 1 fully saturated rings. The quantitative estimate of drug-likeness (QED) is 0.289. The average Bonchev–Trinajstić information content (AvgIpc) is 1.98. The molecule has 52 valence electrons. The molecule has 1 atom stereocenters. The molecule has 0 aromatic carbocycles. The van der Waals surface area contributed by atoms with Crippen LogP contribution in [0.3, 0.4) is 0 Å². The molecule has 5 heteroatoms. The monoisotopic (exact) mass is 149 g/mol. The number of nitrogens with zero attached hydrogens (tertiary/aromatic N) is 1. The van der Waals surface area contributed by atoms with Gasteiger partial charge in [0.25, 0.3) is 11.8 Å². The molecule has 1 saturated heterocycles. The first-order valence-corrected chi connectivity index (χ1v) is 2.26. The molecule has 1 N–H and O–H groups in total. The first-order chi connectivity index (χ1) is 3.72. The van der Waals surface area contributed by atoms with Crippen LogP contribution >= 0.6 is 9.90 Å². The van der Waals surface area contributed by atoms with E-state index in [1.54, 1.807) is 0 Å². The molecule has 1 aliphatic rings. The Morgan fingerprint density at radius 2 is 1.56 bits per heavy atom. The minimum Gasteiger partial charge on any atom is -0.279 e. The van der Waals surface area contributed by atoms with Crippen molar-refractivity contribution in [3.05, 3.63) is 0 Å². The summed E-state index contributed by atoms with van der Waals surface area (Å²) >= 11 is 0. The molecule has 4 nitrogen and oxygen atoms in total. The zero-order valence-corrected chi connectivity index (χ0v) is 6.25.